The third-order valence-corrected chi connectivity index (χ3v) is 5.77. The molecule has 1 aromatic heterocycles. The number of hydrogen-bond donors (Lipinski definition) is 0. The quantitative estimate of drug-likeness (QED) is 0.683. The highest BCUT2D eigenvalue weighted by atomic mass is 32.1. The summed E-state index contributed by atoms with van der Waals surface area (Å²) in [6.45, 7) is 3.19. The van der Waals surface area contributed by atoms with Gasteiger partial charge in [-0.25, -0.2) is 8.78 Å². The van der Waals surface area contributed by atoms with Crippen molar-refractivity contribution in [2.45, 2.75) is 38.5 Å². The molecule has 1 aliphatic heterocycles. The fraction of sp³-hybridized carbons (Fsp3) is 0.474. The minimum atomic E-state index is -0.662. The maximum absolute atomic E-state index is 13.9. The Labute approximate surface area is 165 Å². The van der Waals surface area contributed by atoms with E-state index in [1.165, 1.54) is 23.5 Å². The van der Waals surface area contributed by atoms with E-state index < -0.39 is 11.6 Å². The molecule has 3 rings (SSSR count). The molecule has 1 saturated heterocycles. The summed E-state index contributed by atoms with van der Waals surface area (Å²) < 4.78 is 31.8. The van der Waals surface area contributed by atoms with Gasteiger partial charge in [0.1, 0.15) is 16.6 Å². The minimum Gasteiger partial charge on any atom is -0.466 e. The highest BCUT2D eigenvalue weighted by Gasteiger charge is 2.27. The van der Waals surface area contributed by atoms with Crippen LogP contribution in [-0.4, -0.2) is 46.7 Å². The highest BCUT2D eigenvalue weighted by molar-refractivity contribution is 7.14. The van der Waals surface area contributed by atoms with E-state index >= 15 is 0 Å². The number of hydrogen-bond acceptors (Lipinski definition) is 6. The van der Waals surface area contributed by atoms with Gasteiger partial charge < -0.3 is 9.64 Å². The highest BCUT2D eigenvalue weighted by Crippen LogP contribution is 2.34. The summed E-state index contributed by atoms with van der Waals surface area (Å²) in [6, 6.07) is 3.39. The van der Waals surface area contributed by atoms with E-state index in [2.05, 4.69) is 10.2 Å². The third kappa shape index (κ3) is 4.89. The van der Waals surface area contributed by atoms with E-state index in [1.807, 2.05) is 0 Å². The van der Waals surface area contributed by atoms with Gasteiger partial charge in [0.25, 0.3) is 0 Å². The number of carbonyl (C=O) groups excluding carboxylic acids is 2. The monoisotopic (exact) mass is 409 g/mol. The lowest BCUT2D eigenvalue weighted by Gasteiger charge is -2.31. The lowest BCUT2D eigenvalue weighted by Crippen LogP contribution is -2.38. The molecule has 1 aromatic carbocycles. The molecule has 0 unspecified atom stereocenters. The van der Waals surface area contributed by atoms with Crippen LogP contribution in [0.5, 0.6) is 0 Å². The molecule has 2 heterocycles. The number of nitrogens with zero attached hydrogens (tertiary/aromatic N) is 3. The Balaban J connectivity index is 1.55. The molecule has 1 aliphatic rings. The fourth-order valence-electron chi connectivity index (χ4n) is 3.15. The maximum atomic E-state index is 13.9. The molecule has 0 N–H and O–H groups in total. The van der Waals surface area contributed by atoms with Gasteiger partial charge in [-0.3, -0.25) is 9.59 Å². The van der Waals surface area contributed by atoms with Crippen LogP contribution in [0.2, 0.25) is 0 Å². The Hall–Kier alpha value is -2.42. The number of carbonyl (C=O) groups is 2. The summed E-state index contributed by atoms with van der Waals surface area (Å²) in [5, 5.41) is 9.43. The molecule has 0 saturated carbocycles. The molecule has 9 heteroatoms. The molecule has 1 fully saturated rings. The largest absolute Gasteiger partial charge is 0.466 e. The normalized spacial score (nSPS) is 14.9. The van der Waals surface area contributed by atoms with Gasteiger partial charge in [0, 0.05) is 37.1 Å². The SMILES string of the molecule is CCOC(=O)CCC(=O)N1CCC(c2nnc(-c3ccc(F)cc3F)s2)CC1. The first-order chi connectivity index (χ1) is 13.5. The van der Waals surface area contributed by atoms with E-state index in [1.54, 1.807) is 11.8 Å². The summed E-state index contributed by atoms with van der Waals surface area (Å²) in [5.41, 5.74) is 0.233. The molecule has 0 bridgehead atoms. The first kappa shape index (κ1) is 20.3. The van der Waals surface area contributed by atoms with Crippen molar-refractivity contribution in [3.05, 3.63) is 34.8 Å². The lowest BCUT2D eigenvalue weighted by atomic mass is 9.97. The van der Waals surface area contributed by atoms with Gasteiger partial charge in [-0.1, -0.05) is 11.3 Å². The number of likely N-dealkylation sites (tertiary alicyclic amines) is 1. The van der Waals surface area contributed by atoms with E-state index in [0.717, 1.165) is 23.9 Å². The van der Waals surface area contributed by atoms with Gasteiger partial charge in [-0.05, 0) is 31.9 Å². The topological polar surface area (TPSA) is 72.4 Å². The summed E-state index contributed by atoms with van der Waals surface area (Å²) in [7, 11) is 0. The second-order valence-corrected chi connectivity index (χ2v) is 7.54. The van der Waals surface area contributed by atoms with Gasteiger partial charge in [-0.15, -0.1) is 10.2 Å². The Morgan fingerprint density at radius 2 is 1.96 bits per heavy atom. The molecule has 0 atom stereocenters. The van der Waals surface area contributed by atoms with Crippen molar-refractivity contribution in [3.8, 4) is 10.6 Å². The number of amides is 1. The average Bonchev–Trinajstić information content (AvgIpc) is 3.16. The molecular formula is C19H21F2N3O3S. The van der Waals surface area contributed by atoms with Gasteiger partial charge in [0.05, 0.1) is 13.0 Å². The Kier molecular flexibility index (Phi) is 6.66. The second-order valence-electron chi connectivity index (χ2n) is 6.53. The van der Waals surface area contributed by atoms with Crippen LogP contribution in [0.1, 0.15) is 43.5 Å². The number of aromatic nitrogens is 2. The first-order valence-electron chi connectivity index (χ1n) is 9.20. The van der Waals surface area contributed by atoms with Crippen LogP contribution >= 0.6 is 11.3 Å². The predicted molar refractivity (Wildman–Crippen MR) is 99.7 cm³/mol. The van der Waals surface area contributed by atoms with Crippen molar-refractivity contribution in [1.82, 2.24) is 15.1 Å². The standard InChI is InChI=1S/C19H21F2N3O3S/c1-2-27-17(26)6-5-16(25)24-9-7-12(8-10-24)18-22-23-19(28-18)14-4-3-13(20)11-15(14)21/h3-4,11-12H,2,5-10H2,1H3. The molecule has 28 heavy (non-hydrogen) atoms. The number of ether oxygens (including phenoxy) is 1. The van der Waals surface area contributed by atoms with Gasteiger partial charge in [0.2, 0.25) is 5.91 Å². The van der Waals surface area contributed by atoms with E-state index in [9.17, 15) is 18.4 Å². The zero-order chi connectivity index (χ0) is 20.1. The minimum absolute atomic E-state index is 0.0576. The molecule has 0 spiro atoms. The number of rotatable bonds is 6. The van der Waals surface area contributed by atoms with Crippen LogP contribution < -0.4 is 0 Å². The van der Waals surface area contributed by atoms with Gasteiger partial charge >= 0.3 is 5.97 Å². The Bertz CT molecular complexity index is 851. The first-order valence-corrected chi connectivity index (χ1v) is 10.0. The predicted octanol–water partition coefficient (Wildman–Crippen LogP) is 3.53. The molecule has 2 aromatic rings. The molecular weight excluding hydrogens is 388 g/mol. The molecule has 150 valence electrons. The summed E-state index contributed by atoms with van der Waals surface area (Å²) >= 11 is 1.29. The lowest BCUT2D eigenvalue weighted by molar-refractivity contribution is -0.145. The smallest absolute Gasteiger partial charge is 0.306 e. The van der Waals surface area contributed by atoms with Crippen LogP contribution in [0.25, 0.3) is 10.6 Å². The zero-order valence-corrected chi connectivity index (χ0v) is 16.3. The van der Waals surface area contributed by atoms with Crippen LogP contribution in [0.15, 0.2) is 18.2 Å². The van der Waals surface area contributed by atoms with Gasteiger partial charge in [-0.2, -0.15) is 0 Å². The zero-order valence-electron chi connectivity index (χ0n) is 15.5. The number of benzene rings is 1. The fourth-order valence-corrected chi connectivity index (χ4v) is 4.19. The van der Waals surface area contributed by atoms with Gasteiger partial charge in [0.15, 0.2) is 5.01 Å². The van der Waals surface area contributed by atoms with E-state index in [0.29, 0.717) is 24.7 Å². The number of halogens is 2. The maximum Gasteiger partial charge on any atom is 0.306 e. The molecule has 0 radical (unpaired) electrons. The van der Waals surface area contributed by atoms with Crippen molar-refractivity contribution in [2.75, 3.05) is 19.7 Å². The summed E-state index contributed by atoms with van der Waals surface area (Å²) in [6.07, 6.45) is 1.70. The van der Waals surface area contributed by atoms with Crippen molar-refractivity contribution in [1.29, 1.82) is 0 Å². The summed E-state index contributed by atoms with van der Waals surface area (Å²) in [4.78, 5) is 25.3. The van der Waals surface area contributed by atoms with Crippen molar-refractivity contribution in [2.24, 2.45) is 0 Å². The molecule has 0 aliphatic carbocycles. The van der Waals surface area contributed by atoms with E-state index in [-0.39, 0.29) is 36.2 Å². The Morgan fingerprint density at radius 3 is 2.64 bits per heavy atom. The van der Waals surface area contributed by atoms with Crippen molar-refractivity contribution in [3.63, 3.8) is 0 Å². The van der Waals surface area contributed by atoms with Crippen molar-refractivity contribution < 1.29 is 23.1 Å². The third-order valence-electron chi connectivity index (χ3n) is 4.65. The van der Waals surface area contributed by atoms with Crippen LogP contribution in [0, 0.1) is 11.6 Å². The van der Waals surface area contributed by atoms with Crippen LogP contribution in [0.3, 0.4) is 0 Å². The summed E-state index contributed by atoms with van der Waals surface area (Å²) in [5.74, 6) is -1.57. The number of piperidine rings is 1. The average molecular weight is 409 g/mol. The molecule has 6 nitrogen and oxygen atoms in total. The van der Waals surface area contributed by atoms with Crippen LogP contribution in [-0.2, 0) is 14.3 Å². The number of esters is 1. The second kappa shape index (κ2) is 9.18. The molecule has 1 amide bonds. The van der Waals surface area contributed by atoms with Crippen LogP contribution in [0.4, 0.5) is 8.78 Å². The van der Waals surface area contributed by atoms with E-state index in [4.69, 9.17) is 4.74 Å². The van der Waals surface area contributed by atoms with Crippen molar-refractivity contribution >= 4 is 23.2 Å². The Morgan fingerprint density at radius 1 is 1.21 bits per heavy atom.